The molecule has 25 heavy (non-hydrogen) atoms. The molecule has 1 aromatic heterocycles. The molecule has 1 N–H and O–H groups in total. The standard InChI is InChI=1S/C17H20F2N4O2/c1-10-9-23(15-12(18)6-5-7-13(15)19)21-14(10)17(25)22(4)8-11(2)16(24)20-3/h5-7,9,11H,8H2,1-4H3,(H,20,24)/t11-/m0/s1. The van der Waals surface area contributed by atoms with Crippen molar-refractivity contribution in [1.82, 2.24) is 20.0 Å². The molecule has 0 unspecified atom stereocenters. The van der Waals surface area contributed by atoms with Gasteiger partial charge in [0.2, 0.25) is 5.91 Å². The molecule has 6 nitrogen and oxygen atoms in total. The Morgan fingerprint density at radius 2 is 1.92 bits per heavy atom. The number of aromatic nitrogens is 2. The number of hydrogen-bond acceptors (Lipinski definition) is 3. The van der Waals surface area contributed by atoms with Crippen molar-refractivity contribution in [2.45, 2.75) is 13.8 Å². The number of halogens is 2. The minimum atomic E-state index is -0.775. The molecule has 134 valence electrons. The molecule has 1 atom stereocenters. The maximum atomic E-state index is 13.9. The molecule has 8 heteroatoms. The molecule has 1 heterocycles. The summed E-state index contributed by atoms with van der Waals surface area (Å²) in [5.74, 6) is -2.56. The lowest BCUT2D eigenvalue weighted by atomic mass is 10.1. The number of carbonyl (C=O) groups is 2. The van der Waals surface area contributed by atoms with Crippen molar-refractivity contribution in [3.8, 4) is 5.69 Å². The van der Waals surface area contributed by atoms with Crippen LogP contribution in [0.2, 0.25) is 0 Å². The Kier molecular flexibility index (Phi) is 5.51. The van der Waals surface area contributed by atoms with E-state index in [1.54, 1.807) is 20.9 Å². The summed E-state index contributed by atoms with van der Waals surface area (Å²) in [5.41, 5.74) is 0.215. The molecule has 0 saturated carbocycles. The number of para-hydroxylation sites is 1. The van der Waals surface area contributed by atoms with Gasteiger partial charge in [0, 0.05) is 32.4 Å². The van der Waals surface area contributed by atoms with Gasteiger partial charge in [0.25, 0.3) is 5.91 Å². The number of nitrogens with zero attached hydrogens (tertiary/aromatic N) is 3. The number of aryl methyl sites for hydroxylation is 1. The second-order valence-electron chi connectivity index (χ2n) is 5.88. The fourth-order valence-electron chi connectivity index (χ4n) is 2.50. The molecule has 0 radical (unpaired) electrons. The monoisotopic (exact) mass is 350 g/mol. The average Bonchev–Trinajstić information content (AvgIpc) is 2.94. The van der Waals surface area contributed by atoms with E-state index in [-0.39, 0.29) is 23.8 Å². The van der Waals surface area contributed by atoms with Crippen molar-refractivity contribution < 1.29 is 18.4 Å². The number of hydrogen-bond donors (Lipinski definition) is 1. The maximum Gasteiger partial charge on any atom is 0.274 e. The van der Waals surface area contributed by atoms with Crippen molar-refractivity contribution in [2.24, 2.45) is 5.92 Å². The Bertz CT molecular complexity index is 784. The Morgan fingerprint density at radius 3 is 2.48 bits per heavy atom. The second-order valence-corrected chi connectivity index (χ2v) is 5.88. The Hall–Kier alpha value is -2.77. The number of benzene rings is 1. The normalized spacial score (nSPS) is 11.9. The van der Waals surface area contributed by atoms with Gasteiger partial charge in [0.15, 0.2) is 17.3 Å². The summed E-state index contributed by atoms with van der Waals surface area (Å²) in [6, 6.07) is 3.49. The van der Waals surface area contributed by atoms with Crippen LogP contribution in [0, 0.1) is 24.5 Å². The van der Waals surface area contributed by atoms with Crippen LogP contribution in [0.4, 0.5) is 8.78 Å². The Morgan fingerprint density at radius 1 is 1.32 bits per heavy atom. The average molecular weight is 350 g/mol. The minimum absolute atomic E-state index is 0.0780. The van der Waals surface area contributed by atoms with Crippen molar-refractivity contribution in [3.63, 3.8) is 0 Å². The molecule has 0 aliphatic carbocycles. The van der Waals surface area contributed by atoms with Crippen LogP contribution in [0.1, 0.15) is 23.0 Å². The summed E-state index contributed by atoms with van der Waals surface area (Å²) in [6.07, 6.45) is 1.39. The summed E-state index contributed by atoms with van der Waals surface area (Å²) in [4.78, 5) is 25.5. The summed E-state index contributed by atoms with van der Waals surface area (Å²) in [6.45, 7) is 3.52. The van der Waals surface area contributed by atoms with Crippen LogP contribution in [0.15, 0.2) is 24.4 Å². The van der Waals surface area contributed by atoms with Crippen LogP contribution in [-0.2, 0) is 4.79 Å². The van der Waals surface area contributed by atoms with Gasteiger partial charge >= 0.3 is 0 Å². The highest BCUT2D eigenvalue weighted by molar-refractivity contribution is 5.93. The molecular formula is C17H20F2N4O2. The van der Waals surface area contributed by atoms with Gasteiger partial charge in [-0.1, -0.05) is 13.0 Å². The van der Waals surface area contributed by atoms with Crippen LogP contribution in [0.3, 0.4) is 0 Å². The molecule has 1 aromatic carbocycles. The van der Waals surface area contributed by atoms with Crippen LogP contribution in [0.5, 0.6) is 0 Å². The molecule has 2 amide bonds. The molecule has 2 rings (SSSR count). The highest BCUT2D eigenvalue weighted by atomic mass is 19.1. The van der Waals surface area contributed by atoms with Gasteiger partial charge in [-0.2, -0.15) is 5.10 Å². The molecule has 0 aliphatic heterocycles. The predicted octanol–water partition coefficient (Wildman–Crippen LogP) is 1.91. The van der Waals surface area contributed by atoms with Crippen molar-refractivity contribution >= 4 is 11.8 Å². The van der Waals surface area contributed by atoms with Crippen LogP contribution in [-0.4, -0.2) is 47.1 Å². The third-order valence-corrected chi connectivity index (χ3v) is 3.85. The Labute approximate surface area is 144 Å². The van der Waals surface area contributed by atoms with E-state index in [1.165, 1.54) is 24.2 Å². The van der Waals surface area contributed by atoms with E-state index in [2.05, 4.69) is 10.4 Å². The topological polar surface area (TPSA) is 67.2 Å². The SMILES string of the molecule is CNC(=O)[C@@H](C)CN(C)C(=O)c1nn(-c2c(F)cccc2F)cc1C. The molecule has 0 aliphatic rings. The summed E-state index contributed by atoms with van der Waals surface area (Å²) >= 11 is 0. The summed E-state index contributed by atoms with van der Waals surface area (Å²) in [7, 11) is 3.07. The van der Waals surface area contributed by atoms with Gasteiger partial charge in [-0.05, 0) is 19.1 Å². The fourth-order valence-corrected chi connectivity index (χ4v) is 2.50. The lowest BCUT2D eigenvalue weighted by Gasteiger charge is -2.20. The van der Waals surface area contributed by atoms with Gasteiger partial charge in [-0.3, -0.25) is 9.59 Å². The molecule has 2 aromatic rings. The van der Waals surface area contributed by atoms with Gasteiger partial charge in [-0.25, -0.2) is 13.5 Å². The first-order valence-electron chi connectivity index (χ1n) is 7.74. The first kappa shape index (κ1) is 18.6. The number of nitrogens with one attached hydrogen (secondary N) is 1. The molecule has 0 fully saturated rings. The summed E-state index contributed by atoms with van der Waals surface area (Å²) in [5, 5.41) is 6.56. The van der Waals surface area contributed by atoms with E-state index < -0.39 is 23.5 Å². The van der Waals surface area contributed by atoms with Crippen LogP contribution in [0.25, 0.3) is 5.69 Å². The maximum absolute atomic E-state index is 13.9. The number of rotatable bonds is 5. The third-order valence-electron chi connectivity index (χ3n) is 3.85. The largest absolute Gasteiger partial charge is 0.359 e. The highest BCUT2D eigenvalue weighted by Crippen LogP contribution is 2.19. The fraction of sp³-hybridized carbons (Fsp3) is 0.353. The van der Waals surface area contributed by atoms with Crippen LogP contribution >= 0.6 is 0 Å². The van der Waals surface area contributed by atoms with E-state index >= 15 is 0 Å². The van der Waals surface area contributed by atoms with Gasteiger partial charge in [-0.15, -0.1) is 0 Å². The molecular weight excluding hydrogens is 330 g/mol. The quantitative estimate of drug-likeness (QED) is 0.896. The Balaban J connectivity index is 2.28. The zero-order valence-corrected chi connectivity index (χ0v) is 14.5. The first-order chi connectivity index (χ1) is 11.8. The van der Waals surface area contributed by atoms with E-state index in [0.717, 1.165) is 16.8 Å². The highest BCUT2D eigenvalue weighted by Gasteiger charge is 2.23. The van der Waals surface area contributed by atoms with E-state index in [4.69, 9.17) is 0 Å². The number of amides is 2. The van der Waals surface area contributed by atoms with Gasteiger partial charge in [0.1, 0.15) is 5.69 Å². The zero-order chi connectivity index (χ0) is 18.7. The van der Waals surface area contributed by atoms with Gasteiger partial charge < -0.3 is 10.2 Å². The predicted molar refractivity (Wildman–Crippen MR) is 88.4 cm³/mol. The minimum Gasteiger partial charge on any atom is -0.359 e. The molecule has 0 bridgehead atoms. The van der Waals surface area contributed by atoms with E-state index in [9.17, 15) is 18.4 Å². The second kappa shape index (κ2) is 7.42. The molecule has 0 spiro atoms. The van der Waals surface area contributed by atoms with Crippen LogP contribution < -0.4 is 5.32 Å². The third kappa shape index (κ3) is 3.84. The zero-order valence-electron chi connectivity index (χ0n) is 14.5. The van der Waals surface area contributed by atoms with E-state index in [0.29, 0.717) is 5.56 Å². The lowest BCUT2D eigenvalue weighted by Crippen LogP contribution is -2.37. The van der Waals surface area contributed by atoms with Crippen molar-refractivity contribution in [3.05, 3.63) is 47.3 Å². The molecule has 0 saturated heterocycles. The van der Waals surface area contributed by atoms with Crippen molar-refractivity contribution in [1.29, 1.82) is 0 Å². The first-order valence-corrected chi connectivity index (χ1v) is 7.74. The van der Waals surface area contributed by atoms with Gasteiger partial charge in [0.05, 0.1) is 5.92 Å². The van der Waals surface area contributed by atoms with Crippen molar-refractivity contribution in [2.75, 3.05) is 20.6 Å². The summed E-state index contributed by atoms with van der Waals surface area (Å²) < 4.78 is 28.8. The smallest absolute Gasteiger partial charge is 0.274 e. The number of carbonyl (C=O) groups excluding carboxylic acids is 2. The lowest BCUT2D eigenvalue weighted by molar-refractivity contribution is -0.124. The van der Waals surface area contributed by atoms with E-state index in [1.807, 2.05) is 0 Å².